The van der Waals surface area contributed by atoms with Crippen molar-refractivity contribution in [3.8, 4) is 0 Å². The number of allylic oxidation sites excluding steroid dienone is 1. The summed E-state index contributed by atoms with van der Waals surface area (Å²) in [4.78, 5) is 12.3. The minimum absolute atomic E-state index is 0.113. The molecule has 2 rings (SSSR count). The van der Waals surface area contributed by atoms with Crippen LogP contribution in [0.5, 0.6) is 0 Å². The summed E-state index contributed by atoms with van der Waals surface area (Å²) in [6, 6.07) is 9.31. The van der Waals surface area contributed by atoms with Gasteiger partial charge < -0.3 is 5.73 Å². The van der Waals surface area contributed by atoms with Crippen LogP contribution < -0.4 is 5.73 Å². The van der Waals surface area contributed by atoms with E-state index in [0.717, 1.165) is 11.3 Å². The SMILES string of the molecule is C=CC(C(=O)c1ccccc1)[SH]1C=CC(N)=C1. The molecule has 3 heteroatoms. The number of ketones is 1. The third-order valence-electron chi connectivity index (χ3n) is 2.61. The number of hydrogen-bond donors (Lipinski definition) is 2. The second-order valence-corrected chi connectivity index (χ2v) is 5.81. The average molecular weight is 245 g/mol. The van der Waals surface area contributed by atoms with E-state index in [-0.39, 0.29) is 11.0 Å². The minimum Gasteiger partial charge on any atom is -0.398 e. The van der Waals surface area contributed by atoms with E-state index in [1.165, 1.54) is 0 Å². The maximum Gasteiger partial charge on any atom is 0.178 e. The number of rotatable bonds is 4. The van der Waals surface area contributed by atoms with Crippen molar-refractivity contribution >= 4 is 16.7 Å². The Morgan fingerprint density at radius 3 is 2.59 bits per heavy atom. The zero-order valence-electron chi connectivity index (χ0n) is 9.41. The van der Waals surface area contributed by atoms with Gasteiger partial charge in [-0.2, -0.15) is 10.9 Å². The standard InChI is InChI=1S/C14H15NOS/c1-2-13(17-9-8-12(15)10-17)14(16)11-6-4-3-5-7-11/h2-10,13,17H,1,15H2. The first-order valence-electron chi connectivity index (χ1n) is 5.37. The van der Waals surface area contributed by atoms with E-state index < -0.39 is 10.9 Å². The van der Waals surface area contributed by atoms with Crippen molar-refractivity contribution in [3.63, 3.8) is 0 Å². The van der Waals surface area contributed by atoms with E-state index in [0.29, 0.717) is 0 Å². The average Bonchev–Trinajstić information content (AvgIpc) is 2.78. The van der Waals surface area contributed by atoms with Crippen LogP contribution in [0.4, 0.5) is 0 Å². The summed E-state index contributed by atoms with van der Waals surface area (Å²) in [5.41, 5.74) is 7.17. The summed E-state index contributed by atoms with van der Waals surface area (Å²) in [5.74, 6) is 0.113. The lowest BCUT2D eigenvalue weighted by Gasteiger charge is -2.19. The summed E-state index contributed by atoms with van der Waals surface area (Å²) in [5, 5.41) is 3.80. The molecule has 1 aliphatic rings. The van der Waals surface area contributed by atoms with Gasteiger partial charge in [0.05, 0.1) is 5.25 Å². The van der Waals surface area contributed by atoms with E-state index in [1.54, 1.807) is 6.08 Å². The predicted molar refractivity (Wildman–Crippen MR) is 75.2 cm³/mol. The molecule has 0 saturated heterocycles. The number of nitrogens with two attached hydrogens (primary N) is 1. The van der Waals surface area contributed by atoms with Gasteiger partial charge in [0.2, 0.25) is 0 Å². The van der Waals surface area contributed by atoms with Crippen molar-refractivity contribution in [2.75, 3.05) is 0 Å². The number of Topliss-reactive ketones (excluding diaryl/α,β-unsaturated/α-hetero) is 1. The molecule has 0 aliphatic carbocycles. The highest BCUT2D eigenvalue weighted by atomic mass is 32.2. The normalized spacial score (nSPS) is 21.9. The van der Waals surface area contributed by atoms with Gasteiger partial charge in [0.15, 0.2) is 5.78 Å². The zero-order chi connectivity index (χ0) is 12.3. The van der Waals surface area contributed by atoms with Crippen molar-refractivity contribution in [2.24, 2.45) is 5.73 Å². The molecule has 0 spiro atoms. The lowest BCUT2D eigenvalue weighted by Crippen LogP contribution is -2.16. The van der Waals surface area contributed by atoms with Crippen molar-refractivity contribution in [1.29, 1.82) is 0 Å². The molecule has 17 heavy (non-hydrogen) atoms. The molecule has 0 aromatic heterocycles. The number of thiol groups is 1. The Kier molecular flexibility index (Phi) is 3.49. The fraction of sp³-hybridized carbons (Fsp3) is 0.0714. The molecule has 0 amide bonds. The molecule has 2 N–H and O–H groups in total. The summed E-state index contributed by atoms with van der Waals surface area (Å²) in [6.45, 7) is 3.77. The lowest BCUT2D eigenvalue weighted by atomic mass is 10.1. The molecule has 2 atom stereocenters. The highest BCUT2D eigenvalue weighted by molar-refractivity contribution is 8.23. The van der Waals surface area contributed by atoms with Gasteiger partial charge in [-0.05, 0) is 16.9 Å². The van der Waals surface area contributed by atoms with Crippen LogP contribution in [0.3, 0.4) is 0 Å². The van der Waals surface area contributed by atoms with Gasteiger partial charge in [-0.3, -0.25) is 4.79 Å². The Morgan fingerprint density at radius 2 is 2.06 bits per heavy atom. The highest BCUT2D eigenvalue weighted by Crippen LogP contribution is 2.41. The molecule has 1 aliphatic heterocycles. The molecular formula is C14H15NOS. The fourth-order valence-corrected chi connectivity index (χ4v) is 3.61. The second kappa shape index (κ2) is 5.06. The van der Waals surface area contributed by atoms with Crippen LogP contribution in [0.1, 0.15) is 10.4 Å². The van der Waals surface area contributed by atoms with Gasteiger partial charge in [-0.25, -0.2) is 0 Å². The molecule has 2 nitrogen and oxygen atoms in total. The maximum absolute atomic E-state index is 12.3. The van der Waals surface area contributed by atoms with E-state index in [4.69, 9.17) is 5.73 Å². The molecular weight excluding hydrogens is 230 g/mol. The van der Waals surface area contributed by atoms with Crippen LogP contribution in [-0.2, 0) is 0 Å². The first-order valence-corrected chi connectivity index (χ1v) is 6.92. The molecule has 1 aromatic rings. The minimum atomic E-state index is -0.646. The smallest absolute Gasteiger partial charge is 0.178 e. The van der Waals surface area contributed by atoms with Crippen LogP contribution >= 0.6 is 10.9 Å². The zero-order valence-corrected chi connectivity index (χ0v) is 10.3. The highest BCUT2D eigenvalue weighted by Gasteiger charge is 2.22. The Balaban J connectivity index is 2.23. The molecule has 1 aromatic carbocycles. The van der Waals surface area contributed by atoms with E-state index in [1.807, 2.05) is 47.2 Å². The number of carbonyl (C=O) groups is 1. The van der Waals surface area contributed by atoms with Crippen LogP contribution in [-0.4, -0.2) is 11.0 Å². The van der Waals surface area contributed by atoms with Gasteiger partial charge in [0, 0.05) is 11.3 Å². The van der Waals surface area contributed by atoms with Crippen molar-refractivity contribution in [3.05, 3.63) is 71.1 Å². The molecule has 0 fully saturated rings. The third kappa shape index (κ3) is 2.50. The van der Waals surface area contributed by atoms with Crippen molar-refractivity contribution < 1.29 is 4.79 Å². The monoisotopic (exact) mass is 245 g/mol. The van der Waals surface area contributed by atoms with Gasteiger partial charge in [-0.1, -0.05) is 36.4 Å². The fourth-order valence-electron chi connectivity index (χ4n) is 1.74. The van der Waals surface area contributed by atoms with Crippen molar-refractivity contribution in [2.45, 2.75) is 5.25 Å². The largest absolute Gasteiger partial charge is 0.398 e. The Labute approximate surface area is 104 Å². The van der Waals surface area contributed by atoms with Crippen LogP contribution in [0.15, 0.2) is 65.6 Å². The number of benzene rings is 1. The lowest BCUT2D eigenvalue weighted by molar-refractivity contribution is 0.100. The molecule has 88 valence electrons. The van der Waals surface area contributed by atoms with Gasteiger partial charge in [-0.15, -0.1) is 6.58 Å². The van der Waals surface area contributed by atoms with E-state index >= 15 is 0 Å². The quantitative estimate of drug-likeness (QED) is 0.486. The Morgan fingerprint density at radius 1 is 1.35 bits per heavy atom. The topological polar surface area (TPSA) is 43.1 Å². The molecule has 2 unspecified atom stereocenters. The van der Waals surface area contributed by atoms with Crippen LogP contribution in [0.25, 0.3) is 0 Å². The van der Waals surface area contributed by atoms with E-state index in [2.05, 4.69) is 6.58 Å². The first kappa shape index (κ1) is 11.7. The van der Waals surface area contributed by atoms with E-state index in [9.17, 15) is 4.79 Å². The summed E-state index contributed by atoms with van der Waals surface area (Å²) in [7, 11) is -0.646. The Hall–Kier alpha value is -1.74. The summed E-state index contributed by atoms with van der Waals surface area (Å²) >= 11 is 0. The van der Waals surface area contributed by atoms with Crippen LogP contribution in [0, 0.1) is 0 Å². The van der Waals surface area contributed by atoms with Gasteiger partial charge in [0.1, 0.15) is 0 Å². The summed E-state index contributed by atoms with van der Waals surface area (Å²) in [6.07, 6.45) is 3.58. The van der Waals surface area contributed by atoms with Crippen LogP contribution in [0.2, 0.25) is 0 Å². The Bertz CT molecular complexity index is 490. The molecule has 0 saturated carbocycles. The maximum atomic E-state index is 12.3. The molecule has 0 bridgehead atoms. The molecule has 0 radical (unpaired) electrons. The third-order valence-corrected chi connectivity index (χ3v) is 4.79. The number of hydrogen-bond acceptors (Lipinski definition) is 2. The summed E-state index contributed by atoms with van der Waals surface area (Å²) < 4.78 is 0. The molecule has 1 heterocycles. The predicted octanol–water partition coefficient (Wildman–Crippen LogP) is 2.75. The first-order chi connectivity index (χ1) is 8.22. The van der Waals surface area contributed by atoms with Gasteiger partial charge >= 0.3 is 0 Å². The number of carbonyl (C=O) groups excluding carboxylic acids is 1. The van der Waals surface area contributed by atoms with Crippen molar-refractivity contribution in [1.82, 2.24) is 0 Å². The second-order valence-electron chi connectivity index (χ2n) is 3.80. The van der Waals surface area contributed by atoms with Gasteiger partial charge in [0.25, 0.3) is 0 Å².